The topological polar surface area (TPSA) is 84.3 Å². The number of hydrogen-bond acceptors (Lipinski definition) is 4. The number of nitrogens with zero attached hydrogens (tertiary/aromatic N) is 1. The zero-order valence-corrected chi connectivity index (χ0v) is 11.8. The lowest BCUT2D eigenvalue weighted by molar-refractivity contribution is 0.0697. The predicted octanol–water partition coefficient (Wildman–Crippen LogP) is 2.38. The van der Waals surface area contributed by atoms with E-state index >= 15 is 0 Å². The van der Waals surface area contributed by atoms with Gasteiger partial charge in [0, 0.05) is 6.20 Å². The largest absolute Gasteiger partial charge is 0.478 e. The third-order valence-corrected chi connectivity index (χ3v) is 4.65. The van der Waals surface area contributed by atoms with E-state index in [1.54, 1.807) is 0 Å². The van der Waals surface area contributed by atoms with Crippen molar-refractivity contribution in [2.45, 2.75) is 9.79 Å². The van der Waals surface area contributed by atoms with Crippen molar-refractivity contribution in [3.63, 3.8) is 0 Å². The van der Waals surface area contributed by atoms with Crippen molar-refractivity contribution in [1.82, 2.24) is 4.98 Å². The number of carbonyl (C=O) groups is 1. The van der Waals surface area contributed by atoms with Crippen LogP contribution in [0.4, 0.5) is 0 Å². The summed E-state index contributed by atoms with van der Waals surface area (Å²) in [7, 11) is -3.67. The summed E-state index contributed by atoms with van der Waals surface area (Å²) in [6.07, 6.45) is 1.24. The van der Waals surface area contributed by atoms with Gasteiger partial charge in [-0.1, -0.05) is 0 Å². The van der Waals surface area contributed by atoms with Crippen LogP contribution in [0, 0.1) is 0 Å². The zero-order chi connectivity index (χ0) is 14.0. The van der Waals surface area contributed by atoms with Crippen LogP contribution in [0.15, 0.2) is 57.0 Å². The van der Waals surface area contributed by atoms with Crippen molar-refractivity contribution in [3.05, 3.63) is 52.8 Å². The third kappa shape index (κ3) is 2.82. The number of carboxylic acid groups (broad SMARTS) is 1. The Hall–Kier alpha value is -1.73. The smallest absolute Gasteiger partial charge is 0.335 e. The first kappa shape index (κ1) is 13.7. The van der Waals surface area contributed by atoms with Crippen LogP contribution in [0.2, 0.25) is 0 Å². The molecule has 1 aromatic heterocycles. The number of rotatable bonds is 3. The summed E-state index contributed by atoms with van der Waals surface area (Å²) in [6, 6.07) is 7.99. The Labute approximate surface area is 118 Å². The van der Waals surface area contributed by atoms with Gasteiger partial charge in [0.15, 0.2) is 0 Å². The van der Waals surface area contributed by atoms with E-state index in [9.17, 15) is 13.2 Å². The first-order valence-corrected chi connectivity index (χ1v) is 7.39. The van der Waals surface area contributed by atoms with E-state index in [4.69, 9.17) is 5.11 Å². The Bertz CT molecular complexity index is 708. The maximum Gasteiger partial charge on any atom is 0.335 e. The molecule has 2 aromatic rings. The highest BCUT2D eigenvalue weighted by Crippen LogP contribution is 2.21. The molecule has 0 bridgehead atoms. The van der Waals surface area contributed by atoms with Crippen LogP contribution >= 0.6 is 15.9 Å². The molecule has 2 rings (SSSR count). The second-order valence-corrected chi connectivity index (χ2v) is 6.41. The van der Waals surface area contributed by atoms with Crippen LogP contribution in [0.25, 0.3) is 0 Å². The summed E-state index contributed by atoms with van der Waals surface area (Å²) in [5, 5.41) is 8.76. The third-order valence-electron chi connectivity index (χ3n) is 2.42. The molecule has 0 unspecified atom stereocenters. The summed E-state index contributed by atoms with van der Waals surface area (Å²) < 4.78 is 25.0. The van der Waals surface area contributed by atoms with Crippen LogP contribution in [0.1, 0.15) is 10.4 Å². The predicted molar refractivity (Wildman–Crippen MR) is 70.8 cm³/mol. The van der Waals surface area contributed by atoms with E-state index in [-0.39, 0.29) is 15.4 Å². The van der Waals surface area contributed by atoms with Crippen LogP contribution in [-0.2, 0) is 9.84 Å². The minimum atomic E-state index is -3.67. The van der Waals surface area contributed by atoms with Gasteiger partial charge >= 0.3 is 5.97 Å². The molecule has 7 heteroatoms. The van der Waals surface area contributed by atoms with Gasteiger partial charge in [0.2, 0.25) is 9.84 Å². The molecule has 0 fully saturated rings. The van der Waals surface area contributed by atoms with E-state index in [0.29, 0.717) is 4.60 Å². The molecular formula is C12H8BrNO4S. The molecule has 19 heavy (non-hydrogen) atoms. The first-order valence-electron chi connectivity index (χ1n) is 5.11. The SMILES string of the molecule is O=C(O)c1ccc(S(=O)(=O)c2ccc(Br)nc2)cc1. The molecule has 5 nitrogen and oxygen atoms in total. The molecule has 0 amide bonds. The van der Waals surface area contributed by atoms with Crippen LogP contribution in [-0.4, -0.2) is 24.5 Å². The highest BCUT2D eigenvalue weighted by atomic mass is 79.9. The molecular weight excluding hydrogens is 334 g/mol. The van der Waals surface area contributed by atoms with Crippen molar-refractivity contribution in [3.8, 4) is 0 Å². The quantitative estimate of drug-likeness (QED) is 0.866. The number of hydrogen-bond donors (Lipinski definition) is 1. The number of aromatic nitrogens is 1. The van der Waals surface area contributed by atoms with Gasteiger partial charge in [0.1, 0.15) is 4.60 Å². The van der Waals surface area contributed by atoms with Crippen LogP contribution in [0.3, 0.4) is 0 Å². The fourth-order valence-corrected chi connectivity index (χ4v) is 2.87. The molecule has 1 aromatic carbocycles. The van der Waals surface area contributed by atoms with E-state index in [1.807, 2.05) is 0 Å². The van der Waals surface area contributed by atoms with E-state index in [1.165, 1.54) is 42.6 Å². The molecule has 0 saturated carbocycles. The number of aromatic carboxylic acids is 1. The van der Waals surface area contributed by atoms with Gasteiger partial charge in [-0.15, -0.1) is 0 Å². The number of carboxylic acids is 1. The Morgan fingerprint density at radius 1 is 1.05 bits per heavy atom. The van der Waals surface area contributed by atoms with Crippen LogP contribution < -0.4 is 0 Å². The number of sulfone groups is 1. The van der Waals surface area contributed by atoms with Gasteiger partial charge in [-0.25, -0.2) is 18.2 Å². The van der Waals surface area contributed by atoms with Crippen LogP contribution in [0.5, 0.6) is 0 Å². The Kier molecular flexibility index (Phi) is 3.68. The molecule has 0 saturated heterocycles. The fourth-order valence-electron chi connectivity index (χ4n) is 1.43. The van der Waals surface area contributed by atoms with Crippen molar-refractivity contribution in [1.29, 1.82) is 0 Å². The lowest BCUT2D eigenvalue weighted by atomic mass is 10.2. The minimum absolute atomic E-state index is 0.0293. The normalized spacial score (nSPS) is 11.2. The van der Waals surface area contributed by atoms with Gasteiger partial charge in [0.05, 0.1) is 15.4 Å². The Balaban J connectivity index is 2.44. The number of pyridine rings is 1. The first-order chi connectivity index (χ1) is 8.91. The lowest BCUT2D eigenvalue weighted by Gasteiger charge is -2.04. The summed E-state index contributed by atoms with van der Waals surface area (Å²) >= 11 is 3.12. The standard InChI is InChI=1S/C12H8BrNO4S/c13-11-6-5-10(7-14-11)19(17,18)9-3-1-8(2-4-9)12(15)16/h1-7H,(H,15,16). The maximum absolute atomic E-state index is 12.2. The molecule has 0 aliphatic carbocycles. The molecule has 0 aliphatic rings. The van der Waals surface area contributed by atoms with Gasteiger partial charge in [-0.05, 0) is 52.3 Å². The van der Waals surface area contributed by atoms with E-state index in [0.717, 1.165) is 0 Å². The molecule has 0 radical (unpaired) electrons. The van der Waals surface area contributed by atoms with Gasteiger partial charge in [-0.2, -0.15) is 0 Å². The molecule has 0 atom stereocenters. The van der Waals surface area contributed by atoms with Gasteiger partial charge in [0.25, 0.3) is 0 Å². The highest BCUT2D eigenvalue weighted by molar-refractivity contribution is 9.10. The van der Waals surface area contributed by atoms with E-state index in [2.05, 4.69) is 20.9 Å². The molecule has 98 valence electrons. The Morgan fingerprint density at radius 2 is 1.63 bits per heavy atom. The lowest BCUT2D eigenvalue weighted by Crippen LogP contribution is -2.03. The summed E-state index contributed by atoms with van der Waals surface area (Å²) in [5.74, 6) is -1.10. The fraction of sp³-hybridized carbons (Fsp3) is 0. The van der Waals surface area contributed by atoms with Gasteiger partial charge < -0.3 is 5.11 Å². The number of benzene rings is 1. The van der Waals surface area contributed by atoms with Crippen molar-refractivity contribution in [2.75, 3.05) is 0 Å². The molecule has 0 spiro atoms. The summed E-state index contributed by atoms with van der Waals surface area (Å²) in [5.41, 5.74) is 0.0351. The van der Waals surface area contributed by atoms with E-state index < -0.39 is 15.8 Å². The average molecular weight is 342 g/mol. The van der Waals surface area contributed by atoms with Crippen molar-refractivity contribution >= 4 is 31.7 Å². The highest BCUT2D eigenvalue weighted by Gasteiger charge is 2.18. The second kappa shape index (κ2) is 5.10. The van der Waals surface area contributed by atoms with Gasteiger partial charge in [-0.3, -0.25) is 0 Å². The van der Waals surface area contributed by atoms with Crippen molar-refractivity contribution in [2.24, 2.45) is 0 Å². The second-order valence-electron chi connectivity index (χ2n) is 3.65. The average Bonchev–Trinajstić information content (AvgIpc) is 2.39. The molecule has 1 N–H and O–H groups in total. The summed E-state index contributed by atoms with van der Waals surface area (Å²) in [6.45, 7) is 0. The Morgan fingerprint density at radius 3 is 2.11 bits per heavy atom. The zero-order valence-electron chi connectivity index (χ0n) is 9.45. The monoisotopic (exact) mass is 341 g/mol. The maximum atomic E-state index is 12.2. The number of halogens is 1. The summed E-state index contributed by atoms with van der Waals surface area (Å²) in [4.78, 5) is 14.6. The molecule has 0 aliphatic heterocycles. The van der Waals surface area contributed by atoms with Crippen molar-refractivity contribution < 1.29 is 18.3 Å². The molecule has 1 heterocycles. The minimum Gasteiger partial charge on any atom is -0.478 e.